The summed E-state index contributed by atoms with van der Waals surface area (Å²) in [5.74, 6) is -0.0895. The van der Waals surface area contributed by atoms with E-state index in [4.69, 9.17) is 9.84 Å². The molecule has 1 aromatic carbocycles. The summed E-state index contributed by atoms with van der Waals surface area (Å²) in [7, 11) is 0. The number of carboxylic acids is 1. The number of ether oxygens (including phenoxy) is 1. The zero-order valence-corrected chi connectivity index (χ0v) is 13.4. The van der Waals surface area contributed by atoms with Crippen LogP contribution in [0.4, 0.5) is 0 Å². The van der Waals surface area contributed by atoms with Crippen molar-refractivity contribution in [2.45, 2.75) is 39.2 Å². The molecular weight excluding hydrogens is 284 g/mol. The van der Waals surface area contributed by atoms with Gasteiger partial charge >= 0.3 is 5.97 Å². The Morgan fingerprint density at radius 2 is 1.86 bits per heavy atom. The fraction of sp³-hybridized carbons (Fsp3) is 0.353. The fourth-order valence-corrected chi connectivity index (χ4v) is 2.69. The van der Waals surface area contributed by atoms with Gasteiger partial charge < -0.3 is 9.84 Å². The summed E-state index contributed by atoms with van der Waals surface area (Å²) in [5.41, 5.74) is 1.46. The first-order valence-corrected chi connectivity index (χ1v) is 7.79. The summed E-state index contributed by atoms with van der Waals surface area (Å²) in [4.78, 5) is 12.1. The van der Waals surface area contributed by atoms with Crippen LogP contribution in [0.2, 0.25) is 0 Å². The fourth-order valence-electron chi connectivity index (χ4n) is 1.93. The van der Waals surface area contributed by atoms with Crippen molar-refractivity contribution in [3.05, 3.63) is 51.7 Å². The maximum atomic E-state index is 10.8. The molecule has 0 spiro atoms. The highest BCUT2D eigenvalue weighted by Crippen LogP contribution is 2.28. The molecule has 0 unspecified atom stereocenters. The number of thiophene rings is 1. The molecule has 112 valence electrons. The highest BCUT2D eigenvalue weighted by Gasteiger charge is 2.17. The summed E-state index contributed by atoms with van der Waals surface area (Å²) in [6.07, 6.45) is 1.08. The van der Waals surface area contributed by atoms with Gasteiger partial charge in [0.2, 0.25) is 0 Å². The van der Waals surface area contributed by atoms with Crippen LogP contribution in [0.1, 0.15) is 47.3 Å². The molecule has 0 amide bonds. The lowest BCUT2D eigenvalue weighted by molar-refractivity contribution is 0.0702. The van der Waals surface area contributed by atoms with Gasteiger partial charge in [0.25, 0.3) is 0 Å². The molecule has 1 N–H and O–H groups in total. The van der Waals surface area contributed by atoms with Crippen molar-refractivity contribution in [1.82, 2.24) is 0 Å². The molecule has 0 fully saturated rings. The lowest BCUT2D eigenvalue weighted by Crippen LogP contribution is -2.14. The maximum absolute atomic E-state index is 10.8. The van der Waals surface area contributed by atoms with Crippen molar-refractivity contribution in [3.63, 3.8) is 0 Å². The van der Waals surface area contributed by atoms with E-state index < -0.39 is 5.97 Å². The number of aromatic carboxylic acids is 1. The highest BCUT2D eigenvalue weighted by atomic mass is 32.1. The molecule has 0 saturated carbocycles. The molecule has 0 aliphatic heterocycles. The first kappa shape index (κ1) is 15.6. The number of hydrogen-bond donors (Lipinski definition) is 1. The Bertz CT molecular complexity index is 611. The van der Waals surface area contributed by atoms with Gasteiger partial charge in [-0.15, -0.1) is 11.3 Å². The smallest absolute Gasteiger partial charge is 0.345 e. The van der Waals surface area contributed by atoms with Crippen LogP contribution < -0.4 is 4.74 Å². The Morgan fingerprint density at radius 1 is 1.19 bits per heavy atom. The van der Waals surface area contributed by atoms with Crippen molar-refractivity contribution in [3.8, 4) is 5.75 Å². The van der Waals surface area contributed by atoms with Gasteiger partial charge in [0.15, 0.2) is 0 Å². The molecule has 0 aliphatic carbocycles. The zero-order chi connectivity index (χ0) is 15.5. The summed E-state index contributed by atoms with van der Waals surface area (Å²) < 4.78 is 5.70. The Labute approximate surface area is 129 Å². The van der Waals surface area contributed by atoms with Crippen LogP contribution in [0.3, 0.4) is 0 Å². The van der Waals surface area contributed by atoms with Crippen molar-refractivity contribution in [2.75, 3.05) is 0 Å². The minimum Gasteiger partial charge on any atom is -0.488 e. The molecule has 3 nitrogen and oxygen atoms in total. The van der Waals surface area contributed by atoms with E-state index in [0.717, 1.165) is 17.0 Å². The van der Waals surface area contributed by atoms with Gasteiger partial charge in [0.05, 0.1) is 0 Å². The SMILES string of the molecule is CCC(C)(C)c1ccc(OCc2ccc(C(=O)O)s2)cc1. The summed E-state index contributed by atoms with van der Waals surface area (Å²) >= 11 is 1.25. The lowest BCUT2D eigenvalue weighted by Gasteiger charge is -2.23. The first-order valence-electron chi connectivity index (χ1n) is 6.98. The zero-order valence-electron chi connectivity index (χ0n) is 12.6. The Kier molecular flexibility index (Phi) is 4.68. The lowest BCUT2D eigenvalue weighted by atomic mass is 9.82. The number of carbonyl (C=O) groups is 1. The van der Waals surface area contributed by atoms with Crippen LogP contribution in [0.25, 0.3) is 0 Å². The molecule has 0 radical (unpaired) electrons. The summed E-state index contributed by atoms with van der Waals surface area (Å²) in [6, 6.07) is 11.5. The van der Waals surface area contributed by atoms with Gasteiger partial charge in [0, 0.05) is 4.88 Å². The van der Waals surface area contributed by atoms with Gasteiger partial charge in [-0.2, -0.15) is 0 Å². The second-order valence-corrected chi connectivity index (χ2v) is 6.79. The first-order chi connectivity index (χ1) is 9.92. The average molecular weight is 304 g/mol. The standard InChI is InChI=1S/C17H20O3S/c1-4-17(2,3)12-5-7-13(8-6-12)20-11-14-9-10-15(21-14)16(18)19/h5-10H,4,11H2,1-3H3,(H,18,19). The summed E-state index contributed by atoms with van der Waals surface area (Å²) in [6.45, 7) is 7.03. The van der Waals surface area contributed by atoms with Crippen LogP contribution in [0, 0.1) is 0 Å². The van der Waals surface area contributed by atoms with Gasteiger partial charge in [-0.05, 0) is 41.7 Å². The quantitative estimate of drug-likeness (QED) is 0.840. The van der Waals surface area contributed by atoms with Gasteiger partial charge in [0.1, 0.15) is 17.2 Å². The van der Waals surface area contributed by atoms with Crippen LogP contribution in [0.5, 0.6) is 5.75 Å². The Hall–Kier alpha value is -1.81. The van der Waals surface area contributed by atoms with Crippen molar-refractivity contribution in [1.29, 1.82) is 0 Å². The molecule has 4 heteroatoms. The third-order valence-corrected chi connectivity index (χ3v) is 4.82. The van der Waals surface area contributed by atoms with E-state index in [0.29, 0.717) is 11.5 Å². The van der Waals surface area contributed by atoms with E-state index in [9.17, 15) is 4.79 Å². The molecule has 1 aromatic heterocycles. The monoisotopic (exact) mass is 304 g/mol. The largest absolute Gasteiger partial charge is 0.488 e. The van der Waals surface area contributed by atoms with E-state index in [2.05, 4.69) is 32.9 Å². The second kappa shape index (κ2) is 6.31. The number of rotatable bonds is 6. The second-order valence-electron chi connectivity index (χ2n) is 5.62. The van der Waals surface area contributed by atoms with E-state index >= 15 is 0 Å². The molecule has 0 bridgehead atoms. The van der Waals surface area contributed by atoms with Crippen molar-refractivity contribution in [2.24, 2.45) is 0 Å². The van der Waals surface area contributed by atoms with Crippen LogP contribution in [0.15, 0.2) is 36.4 Å². The molecule has 2 rings (SSSR count). The van der Waals surface area contributed by atoms with Crippen LogP contribution in [-0.4, -0.2) is 11.1 Å². The van der Waals surface area contributed by atoms with E-state index in [-0.39, 0.29) is 5.41 Å². The molecule has 1 heterocycles. The average Bonchev–Trinajstić information content (AvgIpc) is 2.95. The molecule has 0 saturated heterocycles. The van der Waals surface area contributed by atoms with Crippen LogP contribution in [-0.2, 0) is 12.0 Å². The predicted octanol–water partition coefficient (Wildman–Crippen LogP) is 4.71. The molecule has 0 aliphatic rings. The topological polar surface area (TPSA) is 46.5 Å². The number of hydrogen-bond acceptors (Lipinski definition) is 3. The Morgan fingerprint density at radius 3 is 2.38 bits per heavy atom. The third kappa shape index (κ3) is 3.85. The minimum atomic E-state index is -0.891. The number of benzene rings is 1. The molecule has 2 aromatic rings. The maximum Gasteiger partial charge on any atom is 0.345 e. The molecule has 21 heavy (non-hydrogen) atoms. The van der Waals surface area contributed by atoms with E-state index in [1.165, 1.54) is 16.9 Å². The highest BCUT2D eigenvalue weighted by molar-refractivity contribution is 7.13. The van der Waals surface area contributed by atoms with Crippen molar-refractivity contribution >= 4 is 17.3 Å². The summed E-state index contributed by atoms with van der Waals surface area (Å²) in [5, 5.41) is 8.88. The van der Waals surface area contributed by atoms with Gasteiger partial charge in [-0.25, -0.2) is 4.79 Å². The molecular formula is C17H20O3S. The normalized spacial score (nSPS) is 11.4. The predicted molar refractivity (Wildman–Crippen MR) is 85.4 cm³/mol. The van der Waals surface area contributed by atoms with Gasteiger partial charge in [-0.3, -0.25) is 0 Å². The van der Waals surface area contributed by atoms with E-state index in [1.54, 1.807) is 12.1 Å². The van der Waals surface area contributed by atoms with Gasteiger partial charge in [-0.1, -0.05) is 32.9 Å². The Balaban J connectivity index is 1.99. The third-order valence-electron chi connectivity index (χ3n) is 3.77. The number of carboxylic acid groups (broad SMARTS) is 1. The minimum absolute atomic E-state index is 0.169. The van der Waals surface area contributed by atoms with Crippen LogP contribution >= 0.6 is 11.3 Å². The van der Waals surface area contributed by atoms with E-state index in [1.807, 2.05) is 12.1 Å². The van der Waals surface area contributed by atoms with Crippen molar-refractivity contribution < 1.29 is 14.6 Å². The molecule has 0 atom stereocenters.